The summed E-state index contributed by atoms with van der Waals surface area (Å²) >= 11 is 0. The van der Waals surface area contributed by atoms with Crippen LogP contribution in [0.25, 0.3) is 0 Å². The number of hydrogen-bond donors (Lipinski definition) is 3. The Bertz CT molecular complexity index is 390. The van der Waals surface area contributed by atoms with Crippen molar-refractivity contribution in [1.29, 1.82) is 0 Å². The van der Waals surface area contributed by atoms with Crippen LogP contribution in [0.4, 0.5) is 0 Å². The molecule has 0 aliphatic rings. The quantitative estimate of drug-likeness (QED) is 0.509. The van der Waals surface area contributed by atoms with Gasteiger partial charge in [0.25, 0.3) is 0 Å². The van der Waals surface area contributed by atoms with Crippen molar-refractivity contribution >= 4 is 5.78 Å². The summed E-state index contributed by atoms with van der Waals surface area (Å²) in [5, 5.41) is 11.8. The first-order valence-corrected chi connectivity index (χ1v) is 4.54. The lowest BCUT2D eigenvalue weighted by Crippen LogP contribution is -2.20. The van der Waals surface area contributed by atoms with Gasteiger partial charge >= 0.3 is 0 Å². The predicted molar refractivity (Wildman–Crippen MR) is 58.4 cm³/mol. The van der Waals surface area contributed by atoms with Crippen LogP contribution in [0.5, 0.6) is 5.75 Å². The number of phenols is 1. The summed E-state index contributed by atoms with van der Waals surface area (Å²) in [5.74, 6) is -0.0523. The number of benzene rings is 1. The first-order chi connectivity index (χ1) is 7.06. The van der Waals surface area contributed by atoms with Crippen LogP contribution in [-0.4, -0.2) is 17.9 Å². The van der Waals surface area contributed by atoms with Gasteiger partial charge in [0.05, 0.1) is 0 Å². The number of hydrogen-bond acceptors (Lipinski definition) is 4. The van der Waals surface area contributed by atoms with Crippen molar-refractivity contribution in [3.8, 4) is 5.75 Å². The molecule has 0 aromatic heterocycles. The van der Waals surface area contributed by atoms with Gasteiger partial charge in [-0.2, -0.15) is 0 Å². The topological polar surface area (TPSA) is 75.3 Å². The maximum atomic E-state index is 11.8. The average molecular weight is 206 g/mol. The third-order valence-electron chi connectivity index (χ3n) is 2.00. The predicted octanol–water partition coefficient (Wildman–Crippen LogP) is 0.984. The van der Waals surface area contributed by atoms with E-state index in [1.54, 1.807) is 26.1 Å². The fraction of sp³-hybridized carbons (Fsp3) is 0.182. The van der Waals surface area contributed by atoms with E-state index in [9.17, 15) is 4.79 Å². The Labute approximate surface area is 88.4 Å². The lowest BCUT2D eigenvalue weighted by Gasteiger charge is -2.07. The molecule has 0 saturated carbocycles. The van der Waals surface area contributed by atoms with E-state index in [1.165, 1.54) is 12.1 Å². The molecule has 0 aliphatic heterocycles. The summed E-state index contributed by atoms with van der Waals surface area (Å²) in [5.41, 5.74) is 6.87. The van der Waals surface area contributed by atoms with Gasteiger partial charge in [0.1, 0.15) is 11.4 Å². The second kappa shape index (κ2) is 4.50. The van der Waals surface area contributed by atoms with Gasteiger partial charge < -0.3 is 16.2 Å². The van der Waals surface area contributed by atoms with Crippen LogP contribution in [0.3, 0.4) is 0 Å². The van der Waals surface area contributed by atoms with Gasteiger partial charge in [-0.3, -0.25) is 4.79 Å². The lowest BCUT2D eigenvalue weighted by molar-refractivity contribution is 0.102. The number of likely N-dealkylation sites (N-methyl/N-ethyl adjacent to an activating group) is 1. The summed E-state index contributed by atoms with van der Waals surface area (Å²) in [4.78, 5) is 11.8. The molecule has 0 heterocycles. The Morgan fingerprint density at radius 1 is 1.33 bits per heavy atom. The highest BCUT2D eigenvalue weighted by molar-refractivity contribution is 6.08. The van der Waals surface area contributed by atoms with Crippen molar-refractivity contribution in [2.75, 3.05) is 7.05 Å². The minimum absolute atomic E-state index is 0.131. The molecule has 1 rings (SSSR count). The molecule has 0 saturated heterocycles. The fourth-order valence-electron chi connectivity index (χ4n) is 1.25. The molecule has 4 heteroatoms. The van der Waals surface area contributed by atoms with Gasteiger partial charge in [0.2, 0.25) is 5.78 Å². The molecule has 1 aromatic rings. The van der Waals surface area contributed by atoms with Crippen LogP contribution in [-0.2, 0) is 0 Å². The normalized spacial score (nSPS) is 11.9. The van der Waals surface area contributed by atoms with Gasteiger partial charge in [-0.1, -0.05) is 0 Å². The van der Waals surface area contributed by atoms with Crippen molar-refractivity contribution < 1.29 is 9.90 Å². The zero-order valence-corrected chi connectivity index (χ0v) is 8.74. The highest BCUT2D eigenvalue weighted by Crippen LogP contribution is 2.13. The van der Waals surface area contributed by atoms with Crippen molar-refractivity contribution in [2.45, 2.75) is 6.92 Å². The van der Waals surface area contributed by atoms with Crippen LogP contribution in [0.15, 0.2) is 35.7 Å². The summed E-state index contributed by atoms with van der Waals surface area (Å²) in [6.07, 6.45) is 0. The standard InChI is InChI=1S/C11H14N2O2/c1-7(12)10(13-2)11(15)8-3-5-9(14)6-4-8/h3-6,13-14H,12H2,1-2H3/b10-7+. The van der Waals surface area contributed by atoms with Crippen molar-refractivity contribution in [3.63, 3.8) is 0 Å². The summed E-state index contributed by atoms with van der Waals surface area (Å²) in [6.45, 7) is 1.66. The van der Waals surface area contributed by atoms with Crippen LogP contribution in [0.1, 0.15) is 17.3 Å². The third-order valence-corrected chi connectivity index (χ3v) is 2.00. The Morgan fingerprint density at radius 2 is 1.87 bits per heavy atom. The first-order valence-electron chi connectivity index (χ1n) is 4.54. The van der Waals surface area contributed by atoms with Crippen molar-refractivity contribution in [3.05, 3.63) is 41.2 Å². The van der Waals surface area contributed by atoms with Crippen LogP contribution < -0.4 is 11.1 Å². The molecule has 0 atom stereocenters. The molecule has 1 aromatic carbocycles. The highest BCUT2D eigenvalue weighted by atomic mass is 16.3. The van der Waals surface area contributed by atoms with Crippen molar-refractivity contribution in [1.82, 2.24) is 5.32 Å². The Hall–Kier alpha value is -1.97. The molecule has 4 nitrogen and oxygen atoms in total. The Balaban J connectivity index is 3.04. The van der Waals surface area contributed by atoms with Gasteiger partial charge in [-0.15, -0.1) is 0 Å². The molecule has 4 N–H and O–H groups in total. The van der Waals surface area contributed by atoms with E-state index in [4.69, 9.17) is 10.8 Å². The number of nitrogens with one attached hydrogen (secondary N) is 1. The van der Waals surface area contributed by atoms with Gasteiger partial charge in [0.15, 0.2) is 0 Å². The molecule has 0 radical (unpaired) electrons. The fourth-order valence-corrected chi connectivity index (χ4v) is 1.25. The second-order valence-electron chi connectivity index (χ2n) is 3.18. The molecule has 0 bridgehead atoms. The largest absolute Gasteiger partial charge is 0.508 e. The van der Waals surface area contributed by atoms with Crippen molar-refractivity contribution in [2.24, 2.45) is 5.73 Å². The monoisotopic (exact) mass is 206 g/mol. The van der Waals surface area contributed by atoms with Gasteiger partial charge in [-0.25, -0.2) is 0 Å². The van der Waals surface area contributed by atoms with E-state index in [-0.39, 0.29) is 11.5 Å². The Kier molecular flexibility index (Phi) is 3.33. The number of aromatic hydroxyl groups is 1. The number of nitrogens with two attached hydrogens (primary N) is 1. The molecule has 80 valence electrons. The molecule has 15 heavy (non-hydrogen) atoms. The van der Waals surface area contributed by atoms with Crippen LogP contribution in [0, 0.1) is 0 Å². The zero-order valence-electron chi connectivity index (χ0n) is 8.74. The molecular weight excluding hydrogens is 192 g/mol. The maximum Gasteiger partial charge on any atom is 0.210 e. The highest BCUT2D eigenvalue weighted by Gasteiger charge is 2.12. The van der Waals surface area contributed by atoms with Crippen LogP contribution in [0.2, 0.25) is 0 Å². The average Bonchev–Trinajstić information content (AvgIpc) is 2.19. The number of allylic oxidation sites excluding steroid dienone is 2. The lowest BCUT2D eigenvalue weighted by atomic mass is 10.1. The number of ketones is 1. The molecule has 0 aliphatic carbocycles. The third kappa shape index (κ3) is 2.49. The van der Waals surface area contributed by atoms with Crippen LogP contribution >= 0.6 is 0 Å². The smallest absolute Gasteiger partial charge is 0.210 e. The SMILES string of the molecule is CN/C(C(=O)c1ccc(O)cc1)=C(\C)N. The van der Waals surface area contributed by atoms with E-state index in [2.05, 4.69) is 5.32 Å². The molecule has 0 amide bonds. The molecule has 0 spiro atoms. The maximum absolute atomic E-state index is 11.8. The summed E-state index contributed by atoms with van der Waals surface area (Å²) in [7, 11) is 1.64. The summed E-state index contributed by atoms with van der Waals surface area (Å²) < 4.78 is 0. The number of Topliss-reactive ketones (excluding diaryl/α,β-unsaturated/α-hetero) is 1. The minimum Gasteiger partial charge on any atom is -0.508 e. The zero-order chi connectivity index (χ0) is 11.4. The van der Waals surface area contributed by atoms with E-state index in [0.717, 1.165) is 0 Å². The number of rotatable bonds is 3. The van der Waals surface area contributed by atoms with Gasteiger partial charge in [-0.05, 0) is 31.2 Å². The number of phenolic OH excluding ortho intramolecular Hbond substituents is 1. The molecular formula is C11H14N2O2. The first kappa shape index (κ1) is 11.1. The molecule has 0 fully saturated rings. The summed E-state index contributed by atoms with van der Waals surface area (Å²) in [6, 6.07) is 6.04. The van der Waals surface area contributed by atoms with Gasteiger partial charge in [0, 0.05) is 18.3 Å². The van der Waals surface area contributed by atoms with E-state index >= 15 is 0 Å². The van der Waals surface area contributed by atoms with E-state index in [1.807, 2.05) is 0 Å². The van der Waals surface area contributed by atoms with E-state index in [0.29, 0.717) is 17.0 Å². The number of carbonyl (C=O) groups excluding carboxylic acids is 1. The second-order valence-corrected chi connectivity index (χ2v) is 3.18. The molecule has 0 unspecified atom stereocenters. The Morgan fingerprint density at radius 3 is 2.27 bits per heavy atom. The minimum atomic E-state index is -0.183. The van der Waals surface area contributed by atoms with E-state index < -0.39 is 0 Å². The number of carbonyl (C=O) groups is 1.